The Hall–Kier alpha value is -1.77. The Kier molecular flexibility index (Phi) is 3.51. The molecule has 0 spiro atoms. The standard InChI is InChI=1S/C17H21NO2/c1-18-11-15(13-8-4-5-9-16(13)18)14(10-17(19)20)12-6-2-3-7-12/h4-5,8-9,11-12,14H,2-3,6-7,10H2,1H3,(H,19,20). The van der Waals surface area contributed by atoms with Crippen LogP contribution in [-0.4, -0.2) is 15.6 Å². The van der Waals surface area contributed by atoms with Crippen LogP contribution in [0.2, 0.25) is 0 Å². The van der Waals surface area contributed by atoms with Gasteiger partial charge in [0.05, 0.1) is 6.42 Å². The van der Waals surface area contributed by atoms with Crippen LogP contribution in [0.3, 0.4) is 0 Å². The van der Waals surface area contributed by atoms with Gasteiger partial charge < -0.3 is 9.67 Å². The number of carboxylic acid groups (broad SMARTS) is 1. The topological polar surface area (TPSA) is 42.2 Å². The van der Waals surface area contributed by atoms with Gasteiger partial charge in [0.15, 0.2) is 0 Å². The first-order valence-electron chi connectivity index (χ1n) is 7.42. The monoisotopic (exact) mass is 271 g/mol. The Labute approximate surface area is 119 Å². The first-order valence-corrected chi connectivity index (χ1v) is 7.42. The number of para-hydroxylation sites is 1. The van der Waals surface area contributed by atoms with Crippen molar-refractivity contribution in [3.8, 4) is 0 Å². The maximum Gasteiger partial charge on any atom is 0.303 e. The van der Waals surface area contributed by atoms with Crippen LogP contribution in [0, 0.1) is 5.92 Å². The predicted octanol–water partition coefficient (Wildman–Crippen LogP) is 3.93. The van der Waals surface area contributed by atoms with Crippen LogP contribution in [0.4, 0.5) is 0 Å². The molecule has 106 valence electrons. The Morgan fingerprint density at radius 1 is 1.35 bits per heavy atom. The molecule has 1 unspecified atom stereocenters. The fraction of sp³-hybridized carbons (Fsp3) is 0.471. The van der Waals surface area contributed by atoms with E-state index < -0.39 is 5.97 Å². The quantitative estimate of drug-likeness (QED) is 0.915. The summed E-state index contributed by atoms with van der Waals surface area (Å²) in [6.07, 6.45) is 7.20. The third-order valence-corrected chi connectivity index (χ3v) is 4.69. The number of aryl methyl sites for hydroxylation is 1. The Bertz CT molecular complexity index is 623. The molecule has 1 fully saturated rings. The van der Waals surface area contributed by atoms with Crippen molar-refractivity contribution >= 4 is 16.9 Å². The highest BCUT2D eigenvalue weighted by atomic mass is 16.4. The number of hydrogen-bond acceptors (Lipinski definition) is 1. The highest BCUT2D eigenvalue weighted by Crippen LogP contribution is 2.42. The summed E-state index contributed by atoms with van der Waals surface area (Å²) in [5, 5.41) is 10.5. The lowest BCUT2D eigenvalue weighted by Gasteiger charge is -2.21. The van der Waals surface area contributed by atoms with Crippen molar-refractivity contribution in [1.29, 1.82) is 0 Å². The summed E-state index contributed by atoms with van der Waals surface area (Å²) in [6.45, 7) is 0. The fourth-order valence-corrected chi connectivity index (χ4v) is 3.75. The van der Waals surface area contributed by atoms with Gasteiger partial charge in [0.25, 0.3) is 0 Å². The number of aliphatic carboxylic acids is 1. The van der Waals surface area contributed by atoms with Gasteiger partial charge in [-0.3, -0.25) is 4.79 Å². The first-order chi connectivity index (χ1) is 9.66. The van der Waals surface area contributed by atoms with Crippen LogP contribution in [0.25, 0.3) is 10.9 Å². The molecule has 1 atom stereocenters. The molecule has 20 heavy (non-hydrogen) atoms. The molecule has 1 saturated carbocycles. The van der Waals surface area contributed by atoms with E-state index in [1.807, 2.05) is 19.2 Å². The highest BCUT2D eigenvalue weighted by Gasteiger charge is 2.30. The lowest BCUT2D eigenvalue weighted by molar-refractivity contribution is -0.137. The first kappa shape index (κ1) is 13.2. The average molecular weight is 271 g/mol. The van der Waals surface area contributed by atoms with Crippen LogP contribution >= 0.6 is 0 Å². The van der Waals surface area contributed by atoms with Gasteiger partial charge in [0.2, 0.25) is 0 Å². The molecule has 3 heteroatoms. The molecule has 0 aliphatic heterocycles. The Balaban J connectivity index is 2.06. The Morgan fingerprint density at radius 2 is 2.05 bits per heavy atom. The van der Waals surface area contributed by atoms with Gasteiger partial charge in [0.1, 0.15) is 0 Å². The molecule has 0 bridgehead atoms. The number of hydrogen-bond donors (Lipinski definition) is 1. The van der Waals surface area contributed by atoms with Gasteiger partial charge in [-0.2, -0.15) is 0 Å². The molecule has 3 rings (SSSR count). The van der Waals surface area contributed by atoms with Gasteiger partial charge in [-0.05, 0) is 36.3 Å². The zero-order valence-electron chi connectivity index (χ0n) is 11.9. The minimum atomic E-state index is -0.685. The Morgan fingerprint density at radius 3 is 2.75 bits per heavy atom. The minimum Gasteiger partial charge on any atom is -0.481 e. The van der Waals surface area contributed by atoms with Crippen molar-refractivity contribution in [3.05, 3.63) is 36.0 Å². The number of rotatable bonds is 4. The van der Waals surface area contributed by atoms with Gasteiger partial charge >= 0.3 is 5.97 Å². The normalized spacial score (nSPS) is 17.6. The molecule has 1 aliphatic rings. The van der Waals surface area contributed by atoms with E-state index in [9.17, 15) is 9.90 Å². The molecule has 1 aromatic heterocycles. The van der Waals surface area contributed by atoms with Crippen molar-refractivity contribution in [2.24, 2.45) is 13.0 Å². The molecular formula is C17H21NO2. The largest absolute Gasteiger partial charge is 0.481 e. The molecule has 1 aromatic carbocycles. The summed E-state index contributed by atoms with van der Waals surface area (Å²) < 4.78 is 2.12. The summed E-state index contributed by atoms with van der Waals surface area (Å²) in [5.74, 6) is -0.00663. The second kappa shape index (κ2) is 5.31. The summed E-state index contributed by atoms with van der Waals surface area (Å²) in [4.78, 5) is 11.3. The smallest absolute Gasteiger partial charge is 0.303 e. The van der Waals surface area contributed by atoms with Gasteiger partial charge in [-0.1, -0.05) is 31.0 Å². The molecule has 1 aliphatic carbocycles. The summed E-state index contributed by atoms with van der Waals surface area (Å²) in [7, 11) is 2.04. The van der Waals surface area contributed by atoms with E-state index in [4.69, 9.17) is 0 Å². The van der Waals surface area contributed by atoms with E-state index in [2.05, 4.69) is 22.9 Å². The molecule has 0 radical (unpaired) electrons. The van der Waals surface area contributed by atoms with Gasteiger partial charge in [-0.15, -0.1) is 0 Å². The number of carbonyl (C=O) groups is 1. The molecule has 1 heterocycles. The van der Waals surface area contributed by atoms with Gasteiger partial charge in [-0.25, -0.2) is 0 Å². The van der Waals surface area contributed by atoms with E-state index in [1.54, 1.807) is 0 Å². The third-order valence-electron chi connectivity index (χ3n) is 4.69. The summed E-state index contributed by atoms with van der Waals surface area (Å²) >= 11 is 0. The average Bonchev–Trinajstić information content (AvgIpc) is 3.05. The van der Waals surface area contributed by atoms with Crippen LogP contribution in [0.5, 0.6) is 0 Å². The van der Waals surface area contributed by atoms with Crippen LogP contribution in [0.1, 0.15) is 43.6 Å². The molecule has 1 N–H and O–H groups in total. The SMILES string of the molecule is Cn1cc(C(CC(=O)O)C2CCCC2)c2ccccc21. The number of aromatic nitrogens is 1. The zero-order chi connectivity index (χ0) is 14.1. The molecule has 2 aromatic rings. The van der Waals surface area contributed by atoms with E-state index in [0.717, 1.165) is 0 Å². The maximum absolute atomic E-state index is 11.3. The fourth-order valence-electron chi connectivity index (χ4n) is 3.75. The number of nitrogens with zero attached hydrogens (tertiary/aromatic N) is 1. The van der Waals surface area contributed by atoms with Crippen molar-refractivity contribution in [1.82, 2.24) is 4.57 Å². The minimum absolute atomic E-state index is 0.154. The lowest BCUT2D eigenvalue weighted by Crippen LogP contribution is -2.14. The van der Waals surface area contributed by atoms with Crippen molar-refractivity contribution in [2.45, 2.75) is 38.0 Å². The van der Waals surface area contributed by atoms with E-state index >= 15 is 0 Å². The van der Waals surface area contributed by atoms with E-state index in [-0.39, 0.29) is 12.3 Å². The molecule has 0 amide bonds. The second-order valence-electron chi connectivity index (χ2n) is 5.96. The van der Waals surface area contributed by atoms with E-state index in [0.29, 0.717) is 5.92 Å². The molecule has 0 saturated heterocycles. The third kappa shape index (κ3) is 2.33. The van der Waals surface area contributed by atoms with Crippen molar-refractivity contribution in [3.63, 3.8) is 0 Å². The summed E-state index contributed by atoms with van der Waals surface area (Å²) in [5.41, 5.74) is 2.41. The van der Waals surface area contributed by atoms with Gasteiger partial charge in [0, 0.05) is 24.1 Å². The number of benzene rings is 1. The maximum atomic E-state index is 11.3. The number of fused-ring (bicyclic) bond motifs is 1. The number of carboxylic acids is 1. The van der Waals surface area contributed by atoms with Crippen LogP contribution in [-0.2, 0) is 11.8 Å². The van der Waals surface area contributed by atoms with Crippen LogP contribution in [0.15, 0.2) is 30.5 Å². The molecular weight excluding hydrogens is 250 g/mol. The highest BCUT2D eigenvalue weighted by molar-refractivity contribution is 5.85. The predicted molar refractivity (Wildman–Crippen MR) is 79.9 cm³/mol. The molecule has 3 nitrogen and oxygen atoms in total. The van der Waals surface area contributed by atoms with Crippen molar-refractivity contribution < 1.29 is 9.90 Å². The van der Waals surface area contributed by atoms with Crippen molar-refractivity contribution in [2.75, 3.05) is 0 Å². The summed E-state index contributed by atoms with van der Waals surface area (Å²) in [6, 6.07) is 8.30. The van der Waals surface area contributed by atoms with Crippen LogP contribution < -0.4 is 0 Å². The lowest BCUT2D eigenvalue weighted by atomic mass is 9.82. The second-order valence-corrected chi connectivity index (χ2v) is 5.96. The zero-order valence-corrected chi connectivity index (χ0v) is 11.9. The van der Waals surface area contributed by atoms with E-state index in [1.165, 1.54) is 42.1 Å².